The Kier molecular flexibility index (Phi) is 4.26. The van der Waals surface area contributed by atoms with Crippen molar-refractivity contribution in [3.8, 4) is 11.5 Å². The van der Waals surface area contributed by atoms with Crippen LogP contribution in [0.3, 0.4) is 0 Å². The molecule has 0 fully saturated rings. The van der Waals surface area contributed by atoms with Crippen LogP contribution in [-0.2, 0) is 6.61 Å². The highest BCUT2D eigenvalue weighted by Gasteiger charge is 2.03. The Bertz CT molecular complexity index is 284. The predicted octanol–water partition coefficient (Wildman–Crippen LogP) is 2.06. The molecule has 0 aliphatic rings. The summed E-state index contributed by atoms with van der Waals surface area (Å²) in [5, 5.41) is 18.2. The summed E-state index contributed by atoms with van der Waals surface area (Å²) < 4.78 is 5.43. The molecule has 3 heteroatoms. The van der Waals surface area contributed by atoms with Crippen LogP contribution in [-0.4, -0.2) is 16.8 Å². The molecule has 0 aliphatic carbocycles. The zero-order chi connectivity index (χ0) is 10.4. The summed E-state index contributed by atoms with van der Waals surface area (Å²) in [5.74, 6) is 0.731. The molecule has 0 amide bonds. The first-order chi connectivity index (χ1) is 6.77. The molecular weight excluding hydrogens is 180 g/mol. The zero-order valence-electron chi connectivity index (χ0n) is 8.36. The fourth-order valence-electron chi connectivity index (χ4n) is 1.13. The highest BCUT2D eigenvalue weighted by molar-refractivity contribution is 5.39. The Labute approximate surface area is 84.0 Å². The van der Waals surface area contributed by atoms with Gasteiger partial charge in [0, 0.05) is 11.6 Å². The third kappa shape index (κ3) is 2.92. The number of rotatable bonds is 5. The second kappa shape index (κ2) is 5.50. The number of aromatic hydroxyl groups is 1. The smallest absolute Gasteiger partial charge is 0.128 e. The van der Waals surface area contributed by atoms with Gasteiger partial charge in [-0.15, -0.1) is 0 Å². The number of benzene rings is 1. The summed E-state index contributed by atoms with van der Waals surface area (Å²) >= 11 is 0. The minimum Gasteiger partial charge on any atom is -0.508 e. The summed E-state index contributed by atoms with van der Waals surface area (Å²) in [7, 11) is 0. The van der Waals surface area contributed by atoms with Gasteiger partial charge in [-0.1, -0.05) is 13.3 Å². The van der Waals surface area contributed by atoms with Gasteiger partial charge in [0.1, 0.15) is 11.5 Å². The maximum absolute atomic E-state index is 9.23. The number of aliphatic hydroxyl groups is 1. The molecule has 78 valence electrons. The molecular formula is C11H16O3. The molecule has 0 saturated heterocycles. The van der Waals surface area contributed by atoms with Gasteiger partial charge in [-0.25, -0.2) is 0 Å². The number of ether oxygens (including phenoxy) is 1. The quantitative estimate of drug-likeness (QED) is 0.709. The molecule has 14 heavy (non-hydrogen) atoms. The molecule has 1 aromatic rings. The summed E-state index contributed by atoms with van der Waals surface area (Å²) in [6.45, 7) is 2.63. The van der Waals surface area contributed by atoms with Crippen molar-refractivity contribution in [1.82, 2.24) is 0 Å². The summed E-state index contributed by atoms with van der Waals surface area (Å²) in [4.78, 5) is 0. The van der Waals surface area contributed by atoms with E-state index >= 15 is 0 Å². The van der Waals surface area contributed by atoms with Crippen LogP contribution < -0.4 is 4.74 Å². The lowest BCUT2D eigenvalue weighted by molar-refractivity contribution is 0.260. The zero-order valence-corrected chi connectivity index (χ0v) is 8.36. The van der Waals surface area contributed by atoms with E-state index in [1.165, 1.54) is 12.1 Å². The molecule has 0 radical (unpaired) electrons. The van der Waals surface area contributed by atoms with Crippen molar-refractivity contribution in [2.24, 2.45) is 0 Å². The lowest BCUT2D eigenvalue weighted by Crippen LogP contribution is -1.99. The standard InChI is InChI=1S/C11H16O3/c1-2-3-6-14-11-7-10(13)5-4-9(11)8-12/h4-5,7,12-13H,2-3,6,8H2,1H3. The Hall–Kier alpha value is -1.22. The Morgan fingerprint density at radius 3 is 2.79 bits per heavy atom. The minimum absolute atomic E-state index is 0.0677. The molecule has 2 N–H and O–H groups in total. The van der Waals surface area contributed by atoms with E-state index in [9.17, 15) is 5.11 Å². The molecule has 0 aliphatic heterocycles. The SMILES string of the molecule is CCCCOc1cc(O)ccc1CO. The topological polar surface area (TPSA) is 49.7 Å². The molecule has 3 nitrogen and oxygen atoms in total. The first-order valence-electron chi connectivity index (χ1n) is 4.83. The van der Waals surface area contributed by atoms with Crippen LogP contribution in [0.1, 0.15) is 25.3 Å². The van der Waals surface area contributed by atoms with Crippen molar-refractivity contribution < 1.29 is 14.9 Å². The van der Waals surface area contributed by atoms with E-state index in [1.807, 2.05) is 0 Å². The molecule has 0 spiro atoms. The van der Waals surface area contributed by atoms with Crippen molar-refractivity contribution in [3.63, 3.8) is 0 Å². The molecule has 0 saturated carbocycles. The molecule has 1 rings (SSSR count). The number of hydrogen-bond acceptors (Lipinski definition) is 3. The Morgan fingerprint density at radius 2 is 2.14 bits per heavy atom. The van der Waals surface area contributed by atoms with Gasteiger partial charge in [0.25, 0.3) is 0 Å². The van der Waals surface area contributed by atoms with E-state index in [2.05, 4.69) is 6.92 Å². The third-order valence-electron chi connectivity index (χ3n) is 1.98. The molecule has 0 heterocycles. The lowest BCUT2D eigenvalue weighted by Gasteiger charge is -2.09. The predicted molar refractivity (Wildman–Crippen MR) is 54.4 cm³/mol. The monoisotopic (exact) mass is 196 g/mol. The van der Waals surface area contributed by atoms with Gasteiger partial charge in [0.2, 0.25) is 0 Å². The van der Waals surface area contributed by atoms with E-state index in [4.69, 9.17) is 9.84 Å². The highest BCUT2D eigenvalue weighted by atomic mass is 16.5. The van der Waals surface area contributed by atoms with Gasteiger partial charge in [-0.05, 0) is 18.6 Å². The van der Waals surface area contributed by atoms with Crippen molar-refractivity contribution in [1.29, 1.82) is 0 Å². The second-order valence-electron chi connectivity index (χ2n) is 3.15. The minimum atomic E-state index is -0.0677. The first-order valence-corrected chi connectivity index (χ1v) is 4.83. The summed E-state index contributed by atoms with van der Waals surface area (Å²) in [5.41, 5.74) is 0.707. The average Bonchev–Trinajstić information content (AvgIpc) is 2.19. The van der Waals surface area contributed by atoms with Gasteiger partial charge in [0.15, 0.2) is 0 Å². The fraction of sp³-hybridized carbons (Fsp3) is 0.455. The Morgan fingerprint density at radius 1 is 1.36 bits per heavy atom. The summed E-state index contributed by atoms with van der Waals surface area (Å²) in [6.07, 6.45) is 2.04. The van der Waals surface area contributed by atoms with Crippen molar-refractivity contribution >= 4 is 0 Å². The van der Waals surface area contributed by atoms with Gasteiger partial charge >= 0.3 is 0 Å². The second-order valence-corrected chi connectivity index (χ2v) is 3.15. The van der Waals surface area contributed by atoms with E-state index in [0.717, 1.165) is 12.8 Å². The van der Waals surface area contributed by atoms with Crippen LogP contribution in [0.5, 0.6) is 11.5 Å². The van der Waals surface area contributed by atoms with Gasteiger partial charge in [0.05, 0.1) is 13.2 Å². The normalized spacial score (nSPS) is 10.1. The number of unbranched alkanes of at least 4 members (excludes halogenated alkanes) is 1. The van der Waals surface area contributed by atoms with Gasteiger partial charge < -0.3 is 14.9 Å². The number of aliphatic hydroxyl groups excluding tert-OH is 1. The first kappa shape index (κ1) is 10.9. The van der Waals surface area contributed by atoms with E-state index < -0.39 is 0 Å². The van der Waals surface area contributed by atoms with Crippen LogP contribution in [0.25, 0.3) is 0 Å². The maximum atomic E-state index is 9.23. The highest BCUT2D eigenvalue weighted by Crippen LogP contribution is 2.24. The van der Waals surface area contributed by atoms with E-state index in [-0.39, 0.29) is 12.4 Å². The van der Waals surface area contributed by atoms with Crippen LogP contribution in [0.4, 0.5) is 0 Å². The van der Waals surface area contributed by atoms with Crippen LogP contribution in [0.2, 0.25) is 0 Å². The molecule has 0 bridgehead atoms. The van der Waals surface area contributed by atoms with Gasteiger partial charge in [-0.2, -0.15) is 0 Å². The van der Waals surface area contributed by atoms with Crippen molar-refractivity contribution in [3.05, 3.63) is 23.8 Å². The van der Waals surface area contributed by atoms with E-state index in [1.54, 1.807) is 6.07 Å². The number of phenolic OH excluding ortho intramolecular Hbond substituents is 1. The third-order valence-corrected chi connectivity index (χ3v) is 1.98. The lowest BCUT2D eigenvalue weighted by atomic mass is 10.2. The van der Waals surface area contributed by atoms with Gasteiger partial charge in [-0.3, -0.25) is 0 Å². The molecule has 0 aromatic heterocycles. The number of phenols is 1. The largest absolute Gasteiger partial charge is 0.508 e. The maximum Gasteiger partial charge on any atom is 0.128 e. The van der Waals surface area contributed by atoms with Crippen LogP contribution in [0.15, 0.2) is 18.2 Å². The summed E-state index contributed by atoms with van der Waals surface area (Å²) in [6, 6.07) is 4.73. The average molecular weight is 196 g/mol. The fourth-order valence-corrected chi connectivity index (χ4v) is 1.13. The molecule has 1 aromatic carbocycles. The molecule has 0 atom stereocenters. The number of hydrogen-bond donors (Lipinski definition) is 2. The van der Waals surface area contributed by atoms with Crippen molar-refractivity contribution in [2.45, 2.75) is 26.4 Å². The van der Waals surface area contributed by atoms with E-state index in [0.29, 0.717) is 17.9 Å². The van der Waals surface area contributed by atoms with Crippen LogP contribution in [0, 0.1) is 0 Å². The molecule has 0 unspecified atom stereocenters. The van der Waals surface area contributed by atoms with Crippen LogP contribution >= 0.6 is 0 Å². The van der Waals surface area contributed by atoms with Crippen molar-refractivity contribution in [2.75, 3.05) is 6.61 Å². The Balaban J connectivity index is 2.67.